The summed E-state index contributed by atoms with van der Waals surface area (Å²) in [6.45, 7) is 9.48. The van der Waals surface area contributed by atoms with Crippen molar-refractivity contribution in [2.24, 2.45) is 5.92 Å². The van der Waals surface area contributed by atoms with Crippen LogP contribution in [0, 0.1) is 5.92 Å². The Morgan fingerprint density at radius 2 is 2.18 bits per heavy atom. The van der Waals surface area contributed by atoms with Gasteiger partial charge in [-0.1, -0.05) is 27.7 Å². The molecule has 1 aliphatic rings. The van der Waals surface area contributed by atoms with Crippen molar-refractivity contribution < 1.29 is 9.53 Å². The largest absolute Gasteiger partial charge is 0.497 e. The summed E-state index contributed by atoms with van der Waals surface area (Å²) in [6, 6.07) is 2.02. The van der Waals surface area contributed by atoms with E-state index < -0.39 is 0 Å². The first-order valence-electron chi connectivity index (χ1n) is 8.26. The van der Waals surface area contributed by atoms with Gasteiger partial charge in [-0.3, -0.25) is 4.79 Å². The Morgan fingerprint density at radius 3 is 2.86 bits per heavy atom. The Morgan fingerprint density at radius 1 is 1.41 bits per heavy atom. The van der Waals surface area contributed by atoms with Crippen LogP contribution in [0.15, 0.2) is 22.8 Å². The molecule has 122 valence electrons. The first-order chi connectivity index (χ1) is 10.5. The zero-order chi connectivity index (χ0) is 16.1. The number of allylic oxidation sites excluding steroid dienone is 1. The van der Waals surface area contributed by atoms with E-state index in [4.69, 9.17) is 4.74 Å². The molecule has 1 N–H and O–H groups in total. The maximum Gasteiger partial charge on any atom is 0.254 e. The molecule has 0 spiro atoms. The van der Waals surface area contributed by atoms with Gasteiger partial charge < -0.3 is 10.1 Å². The second kappa shape index (κ2) is 7.82. The summed E-state index contributed by atoms with van der Waals surface area (Å²) >= 11 is 1.73. The molecule has 0 radical (unpaired) electrons. The number of anilines is 1. The fourth-order valence-electron chi connectivity index (χ4n) is 3.04. The number of carbonyl (C=O) groups is 1. The van der Waals surface area contributed by atoms with Gasteiger partial charge in [0.1, 0.15) is 5.76 Å². The van der Waals surface area contributed by atoms with Gasteiger partial charge in [-0.2, -0.15) is 0 Å². The quantitative estimate of drug-likeness (QED) is 0.771. The molecule has 2 heterocycles. The van der Waals surface area contributed by atoms with Gasteiger partial charge in [-0.05, 0) is 42.5 Å². The van der Waals surface area contributed by atoms with Crippen molar-refractivity contribution in [2.45, 2.75) is 59.3 Å². The van der Waals surface area contributed by atoms with Crippen LogP contribution >= 0.6 is 11.3 Å². The van der Waals surface area contributed by atoms with Crippen LogP contribution in [0.4, 0.5) is 5.69 Å². The third kappa shape index (κ3) is 4.13. The van der Waals surface area contributed by atoms with Gasteiger partial charge in [0.05, 0.1) is 17.9 Å². The van der Waals surface area contributed by atoms with Crippen LogP contribution in [0.25, 0.3) is 0 Å². The number of ether oxygens (including phenoxy) is 1. The van der Waals surface area contributed by atoms with E-state index in [0.717, 1.165) is 49.3 Å². The molecule has 0 aromatic carbocycles. The maximum atomic E-state index is 12.6. The highest BCUT2D eigenvalue weighted by Crippen LogP contribution is 2.34. The number of nitrogens with one attached hydrogen (secondary N) is 1. The van der Waals surface area contributed by atoms with Crippen molar-refractivity contribution in [2.75, 3.05) is 11.9 Å². The Hall–Kier alpha value is -1.29. The molecular weight excluding hydrogens is 294 g/mol. The monoisotopic (exact) mass is 321 g/mol. The van der Waals surface area contributed by atoms with Gasteiger partial charge in [0.25, 0.3) is 5.91 Å². The minimum atomic E-state index is 0.00736. The minimum Gasteiger partial charge on any atom is -0.497 e. The summed E-state index contributed by atoms with van der Waals surface area (Å²) in [4.78, 5) is 13.9. The first-order valence-corrected chi connectivity index (χ1v) is 9.14. The minimum absolute atomic E-state index is 0.00736. The second-order valence-electron chi connectivity index (χ2n) is 6.39. The van der Waals surface area contributed by atoms with E-state index in [9.17, 15) is 4.79 Å². The molecule has 1 unspecified atom stereocenters. The van der Waals surface area contributed by atoms with Crippen molar-refractivity contribution in [3.63, 3.8) is 0 Å². The van der Waals surface area contributed by atoms with E-state index >= 15 is 0 Å². The number of amides is 1. The number of thiophene rings is 1. The third-order valence-corrected chi connectivity index (χ3v) is 5.14. The number of hydrogen-bond donors (Lipinski definition) is 1. The van der Waals surface area contributed by atoms with E-state index in [1.54, 1.807) is 11.3 Å². The molecule has 22 heavy (non-hydrogen) atoms. The topological polar surface area (TPSA) is 38.3 Å². The van der Waals surface area contributed by atoms with Crippen molar-refractivity contribution in [3.8, 4) is 0 Å². The van der Waals surface area contributed by atoms with Crippen LogP contribution in [0.3, 0.4) is 0 Å². The number of carbonyl (C=O) groups excluding carboxylic acids is 1. The summed E-state index contributed by atoms with van der Waals surface area (Å²) in [5.41, 5.74) is 1.79. The zero-order valence-electron chi connectivity index (χ0n) is 14.1. The van der Waals surface area contributed by atoms with Crippen molar-refractivity contribution >= 4 is 22.9 Å². The molecule has 0 aliphatic carbocycles. The molecule has 3 nitrogen and oxygen atoms in total. The highest BCUT2D eigenvalue weighted by molar-refractivity contribution is 7.10. The lowest BCUT2D eigenvalue weighted by atomic mass is 9.96. The van der Waals surface area contributed by atoms with Crippen molar-refractivity contribution in [1.82, 2.24) is 0 Å². The number of hydrogen-bond acceptors (Lipinski definition) is 3. The van der Waals surface area contributed by atoms with E-state index in [-0.39, 0.29) is 5.91 Å². The highest BCUT2D eigenvalue weighted by Gasteiger charge is 2.21. The predicted octanol–water partition coefficient (Wildman–Crippen LogP) is 5.31. The van der Waals surface area contributed by atoms with Crippen LogP contribution in [0.1, 0.15) is 64.2 Å². The summed E-state index contributed by atoms with van der Waals surface area (Å²) in [5, 5.41) is 5.18. The van der Waals surface area contributed by atoms with Crippen LogP contribution in [-0.2, 0) is 9.53 Å². The van der Waals surface area contributed by atoms with E-state index in [1.807, 2.05) is 13.0 Å². The maximum absolute atomic E-state index is 12.6. The molecule has 1 atom stereocenters. The molecule has 0 bridgehead atoms. The highest BCUT2D eigenvalue weighted by atomic mass is 32.1. The Bertz CT molecular complexity index is 545. The average molecular weight is 321 g/mol. The van der Waals surface area contributed by atoms with Gasteiger partial charge in [-0.15, -0.1) is 11.3 Å². The molecule has 0 fully saturated rings. The van der Waals surface area contributed by atoms with Crippen LogP contribution in [-0.4, -0.2) is 12.5 Å². The molecule has 1 aliphatic heterocycles. The van der Waals surface area contributed by atoms with Gasteiger partial charge in [0, 0.05) is 11.3 Å². The molecular formula is C18H27NO2S. The van der Waals surface area contributed by atoms with Gasteiger partial charge in [0.15, 0.2) is 0 Å². The molecule has 1 aromatic rings. The fourth-order valence-corrected chi connectivity index (χ4v) is 3.97. The van der Waals surface area contributed by atoms with Crippen molar-refractivity contribution in [3.05, 3.63) is 27.7 Å². The van der Waals surface area contributed by atoms with Crippen molar-refractivity contribution in [1.29, 1.82) is 0 Å². The average Bonchev–Trinajstić information content (AvgIpc) is 2.94. The van der Waals surface area contributed by atoms with Crippen LogP contribution in [0.2, 0.25) is 0 Å². The zero-order valence-corrected chi connectivity index (χ0v) is 14.9. The molecule has 0 saturated heterocycles. The SMILES string of the molecule is CCC1=C(C(=O)Nc2ccsc2C(C)CC(C)C)CCCO1. The summed E-state index contributed by atoms with van der Waals surface area (Å²) < 4.78 is 5.63. The standard InChI is InChI=1S/C18H27NO2S/c1-5-16-14(7-6-9-21-16)18(20)19-15-8-10-22-17(15)13(4)11-12(2)3/h8,10,12-13H,5-7,9,11H2,1-4H3,(H,19,20). The van der Waals surface area contributed by atoms with Gasteiger partial charge in [-0.25, -0.2) is 0 Å². The summed E-state index contributed by atoms with van der Waals surface area (Å²) in [7, 11) is 0. The van der Waals surface area contributed by atoms with E-state index in [2.05, 4.69) is 31.5 Å². The first kappa shape index (κ1) is 17.1. The van der Waals surface area contributed by atoms with E-state index in [1.165, 1.54) is 4.88 Å². The normalized spacial score (nSPS) is 16.6. The van der Waals surface area contributed by atoms with Gasteiger partial charge in [0.2, 0.25) is 0 Å². The van der Waals surface area contributed by atoms with E-state index in [0.29, 0.717) is 11.8 Å². The lowest BCUT2D eigenvalue weighted by molar-refractivity contribution is -0.113. The molecule has 4 heteroatoms. The Balaban J connectivity index is 2.12. The summed E-state index contributed by atoms with van der Waals surface area (Å²) in [5.74, 6) is 1.99. The molecule has 0 saturated carbocycles. The summed E-state index contributed by atoms with van der Waals surface area (Å²) in [6.07, 6.45) is 3.65. The molecule has 1 amide bonds. The fraction of sp³-hybridized carbons (Fsp3) is 0.611. The second-order valence-corrected chi connectivity index (χ2v) is 7.34. The Labute approximate surface area is 137 Å². The smallest absolute Gasteiger partial charge is 0.254 e. The van der Waals surface area contributed by atoms with Crippen LogP contribution < -0.4 is 5.32 Å². The molecule has 2 rings (SSSR count). The third-order valence-electron chi connectivity index (χ3n) is 4.00. The Kier molecular flexibility index (Phi) is 6.07. The van der Waals surface area contributed by atoms with Crippen LogP contribution in [0.5, 0.6) is 0 Å². The lowest BCUT2D eigenvalue weighted by Gasteiger charge is -2.21. The molecule has 1 aromatic heterocycles. The number of rotatable bonds is 6. The lowest BCUT2D eigenvalue weighted by Crippen LogP contribution is -2.20. The predicted molar refractivity (Wildman–Crippen MR) is 93.3 cm³/mol. The van der Waals surface area contributed by atoms with Gasteiger partial charge >= 0.3 is 0 Å².